The number of pyridine rings is 1. The monoisotopic (exact) mass is 540 g/mol. The standard InChI is InChI=1S/C16H24ClF3N4O3.HI/c1-21-15(22-4-3-6-26-9-8-25-2)23-5-7-27-14-13(17)10-12(11-24-14)16(18,19)20;/h10-11H,3-9H2,1-2H3,(H2,21,22,23);1H. The molecule has 0 bridgehead atoms. The zero-order valence-electron chi connectivity index (χ0n) is 15.6. The summed E-state index contributed by atoms with van der Waals surface area (Å²) < 4.78 is 53.2. The van der Waals surface area contributed by atoms with Crippen LogP contribution in [0, 0.1) is 0 Å². The molecule has 28 heavy (non-hydrogen) atoms. The molecule has 0 saturated carbocycles. The van der Waals surface area contributed by atoms with Gasteiger partial charge < -0.3 is 24.8 Å². The van der Waals surface area contributed by atoms with Gasteiger partial charge in [-0.3, -0.25) is 4.99 Å². The first kappa shape index (κ1) is 27.0. The third-order valence-electron chi connectivity index (χ3n) is 3.18. The number of guanidine groups is 1. The molecule has 1 aromatic heterocycles. The van der Waals surface area contributed by atoms with Gasteiger partial charge >= 0.3 is 6.18 Å². The van der Waals surface area contributed by atoms with Crippen LogP contribution in [-0.4, -0.2) is 64.6 Å². The average molecular weight is 541 g/mol. The smallest absolute Gasteiger partial charge is 0.417 e. The van der Waals surface area contributed by atoms with Gasteiger partial charge in [-0.15, -0.1) is 24.0 Å². The molecule has 0 spiro atoms. The van der Waals surface area contributed by atoms with E-state index in [4.69, 9.17) is 25.8 Å². The number of nitrogens with zero attached hydrogens (tertiary/aromatic N) is 2. The molecule has 12 heteroatoms. The van der Waals surface area contributed by atoms with Crippen LogP contribution in [0.15, 0.2) is 17.3 Å². The van der Waals surface area contributed by atoms with Crippen molar-refractivity contribution in [2.24, 2.45) is 4.99 Å². The van der Waals surface area contributed by atoms with Crippen LogP contribution >= 0.6 is 35.6 Å². The minimum Gasteiger partial charge on any atom is -0.475 e. The maximum absolute atomic E-state index is 12.6. The van der Waals surface area contributed by atoms with Crippen LogP contribution in [0.3, 0.4) is 0 Å². The Kier molecular flexibility index (Phi) is 14.3. The largest absolute Gasteiger partial charge is 0.475 e. The highest BCUT2D eigenvalue weighted by molar-refractivity contribution is 14.0. The first-order valence-corrected chi connectivity index (χ1v) is 8.63. The molecule has 1 rings (SSSR count). The number of methoxy groups -OCH3 is 1. The van der Waals surface area contributed by atoms with Crippen LogP contribution in [-0.2, 0) is 15.7 Å². The van der Waals surface area contributed by atoms with Crippen LogP contribution in [0.2, 0.25) is 5.02 Å². The molecular formula is C16H25ClF3IN4O3. The molecule has 0 fully saturated rings. The van der Waals surface area contributed by atoms with E-state index in [0.29, 0.717) is 45.1 Å². The summed E-state index contributed by atoms with van der Waals surface area (Å²) in [7, 11) is 3.24. The molecule has 0 saturated heterocycles. The van der Waals surface area contributed by atoms with E-state index in [0.717, 1.165) is 12.5 Å². The van der Waals surface area contributed by atoms with Crippen molar-refractivity contribution in [2.45, 2.75) is 12.6 Å². The minimum atomic E-state index is -4.50. The summed E-state index contributed by atoms with van der Waals surface area (Å²) in [5, 5.41) is 5.91. The zero-order chi connectivity index (χ0) is 20.1. The van der Waals surface area contributed by atoms with Crippen LogP contribution in [0.1, 0.15) is 12.0 Å². The van der Waals surface area contributed by atoms with Gasteiger partial charge in [0.05, 0.1) is 25.3 Å². The fraction of sp³-hybridized carbons (Fsp3) is 0.625. The van der Waals surface area contributed by atoms with Crippen LogP contribution in [0.4, 0.5) is 13.2 Å². The lowest BCUT2D eigenvalue weighted by Crippen LogP contribution is -2.40. The quantitative estimate of drug-likeness (QED) is 0.195. The second kappa shape index (κ2) is 14.9. The Bertz CT molecular complexity index is 595. The third kappa shape index (κ3) is 11.1. The number of hydrogen-bond acceptors (Lipinski definition) is 5. The first-order chi connectivity index (χ1) is 12.9. The zero-order valence-corrected chi connectivity index (χ0v) is 18.7. The van der Waals surface area contributed by atoms with Crippen molar-refractivity contribution in [3.8, 4) is 5.88 Å². The van der Waals surface area contributed by atoms with E-state index in [1.54, 1.807) is 14.2 Å². The van der Waals surface area contributed by atoms with Gasteiger partial charge in [-0.1, -0.05) is 11.6 Å². The van der Waals surface area contributed by atoms with Gasteiger partial charge in [-0.2, -0.15) is 13.2 Å². The van der Waals surface area contributed by atoms with Crippen molar-refractivity contribution in [1.82, 2.24) is 15.6 Å². The number of aliphatic imine (C=N–C) groups is 1. The Hall–Kier alpha value is -1.05. The summed E-state index contributed by atoms with van der Waals surface area (Å²) >= 11 is 5.77. The summed E-state index contributed by atoms with van der Waals surface area (Å²) in [5.41, 5.74) is -0.922. The van der Waals surface area contributed by atoms with Crippen molar-refractivity contribution in [2.75, 3.05) is 53.7 Å². The summed E-state index contributed by atoms with van der Waals surface area (Å²) in [6, 6.07) is 0.784. The van der Waals surface area contributed by atoms with E-state index in [9.17, 15) is 13.2 Å². The maximum atomic E-state index is 12.6. The number of ether oxygens (including phenoxy) is 3. The van der Waals surface area contributed by atoms with E-state index in [2.05, 4.69) is 20.6 Å². The summed E-state index contributed by atoms with van der Waals surface area (Å²) in [6.45, 7) is 2.91. The molecule has 1 aromatic rings. The van der Waals surface area contributed by atoms with Crippen molar-refractivity contribution in [3.63, 3.8) is 0 Å². The third-order valence-corrected chi connectivity index (χ3v) is 3.45. The Morgan fingerprint density at radius 3 is 2.50 bits per heavy atom. The van der Waals surface area contributed by atoms with Crippen molar-refractivity contribution in [1.29, 1.82) is 0 Å². The molecule has 0 unspecified atom stereocenters. The van der Waals surface area contributed by atoms with E-state index in [1.165, 1.54) is 0 Å². The average Bonchev–Trinajstić information content (AvgIpc) is 2.62. The number of rotatable bonds is 11. The molecule has 1 heterocycles. The number of halogens is 5. The number of hydrogen-bond donors (Lipinski definition) is 2. The Morgan fingerprint density at radius 2 is 1.89 bits per heavy atom. The Labute approximate surface area is 184 Å². The summed E-state index contributed by atoms with van der Waals surface area (Å²) in [5.74, 6) is 0.518. The minimum absolute atomic E-state index is 0. The lowest BCUT2D eigenvalue weighted by Gasteiger charge is -2.13. The lowest BCUT2D eigenvalue weighted by molar-refractivity contribution is -0.137. The molecule has 0 aliphatic heterocycles. The molecule has 0 aromatic carbocycles. The van der Waals surface area contributed by atoms with Gasteiger partial charge in [-0.05, 0) is 12.5 Å². The second-order valence-electron chi connectivity index (χ2n) is 5.24. The highest BCUT2D eigenvalue weighted by Crippen LogP contribution is 2.32. The normalized spacial score (nSPS) is 11.7. The number of aromatic nitrogens is 1. The lowest BCUT2D eigenvalue weighted by atomic mass is 10.3. The van der Waals surface area contributed by atoms with Gasteiger partial charge in [0.1, 0.15) is 11.6 Å². The van der Waals surface area contributed by atoms with E-state index >= 15 is 0 Å². The molecule has 2 N–H and O–H groups in total. The van der Waals surface area contributed by atoms with E-state index < -0.39 is 11.7 Å². The van der Waals surface area contributed by atoms with Gasteiger partial charge in [0.2, 0.25) is 5.88 Å². The van der Waals surface area contributed by atoms with Crippen LogP contribution in [0.5, 0.6) is 5.88 Å². The molecule has 162 valence electrons. The number of alkyl halides is 3. The topological polar surface area (TPSA) is 77.0 Å². The highest BCUT2D eigenvalue weighted by atomic mass is 127. The fourth-order valence-corrected chi connectivity index (χ4v) is 2.07. The van der Waals surface area contributed by atoms with Crippen molar-refractivity contribution in [3.05, 3.63) is 22.8 Å². The Balaban J connectivity index is 0.00000729. The molecule has 0 aliphatic rings. The van der Waals surface area contributed by atoms with Crippen molar-refractivity contribution < 1.29 is 27.4 Å². The van der Waals surface area contributed by atoms with E-state index in [-0.39, 0.29) is 41.5 Å². The predicted octanol–water partition coefficient (Wildman–Crippen LogP) is 2.97. The first-order valence-electron chi connectivity index (χ1n) is 8.25. The molecular weight excluding hydrogens is 516 g/mol. The molecule has 0 amide bonds. The SMILES string of the molecule is CN=C(NCCCOCCOC)NCCOc1ncc(C(F)(F)F)cc1Cl.I. The molecule has 0 atom stereocenters. The van der Waals surface area contributed by atoms with Crippen LogP contribution in [0.25, 0.3) is 0 Å². The fourth-order valence-electron chi connectivity index (χ4n) is 1.85. The van der Waals surface area contributed by atoms with E-state index in [1.807, 2.05) is 0 Å². The Morgan fingerprint density at radius 1 is 1.18 bits per heavy atom. The second-order valence-corrected chi connectivity index (χ2v) is 5.65. The molecule has 0 radical (unpaired) electrons. The highest BCUT2D eigenvalue weighted by Gasteiger charge is 2.31. The summed E-state index contributed by atoms with van der Waals surface area (Å²) in [4.78, 5) is 7.65. The van der Waals surface area contributed by atoms with Gasteiger partial charge in [-0.25, -0.2) is 4.98 Å². The predicted molar refractivity (Wildman–Crippen MR) is 112 cm³/mol. The number of nitrogens with one attached hydrogen (secondary N) is 2. The van der Waals surface area contributed by atoms with Gasteiger partial charge in [0.15, 0.2) is 5.96 Å². The molecule has 0 aliphatic carbocycles. The maximum Gasteiger partial charge on any atom is 0.417 e. The van der Waals surface area contributed by atoms with Crippen molar-refractivity contribution >= 4 is 41.5 Å². The van der Waals surface area contributed by atoms with Gasteiger partial charge in [0.25, 0.3) is 0 Å². The summed E-state index contributed by atoms with van der Waals surface area (Å²) in [6.07, 6.45) is -3.01. The molecule has 7 nitrogen and oxygen atoms in total. The van der Waals surface area contributed by atoms with Gasteiger partial charge in [0, 0.05) is 33.5 Å². The van der Waals surface area contributed by atoms with Crippen LogP contribution < -0.4 is 15.4 Å².